The largest absolute Gasteiger partial charge is 0.460 e. The topological polar surface area (TPSA) is 93.5 Å². The third kappa shape index (κ3) is 5.07. The van der Waals surface area contributed by atoms with Gasteiger partial charge in [-0.2, -0.15) is 13.2 Å². The first-order valence-corrected chi connectivity index (χ1v) is 7.86. The van der Waals surface area contributed by atoms with E-state index in [9.17, 15) is 27.9 Å². The first kappa shape index (κ1) is 20.4. The van der Waals surface area contributed by atoms with E-state index in [1.807, 2.05) is 5.32 Å². The molecule has 1 amide bonds. The molecule has 10 heteroatoms. The normalized spacial score (nSPS) is 13.7. The van der Waals surface area contributed by atoms with Gasteiger partial charge in [0.1, 0.15) is 13.2 Å². The van der Waals surface area contributed by atoms with Gasteiger partial charge in [0.15, 0.2) is 5.82 Å². The summed E-state index contributed by atoms with van der Waals surface area (Å²) < 4.78 is 45.9. The van der Waals surface area contributed by atoms with Gasteiger partial charge in [0, 0.05) is 19.4 Å². The van der Waals surface area contributed by atoms with Crippen LogP contribution in [0.3, 0.4) is 0 Å². The van der Waals surface area contributed by atoms with E-state index in [4.69, 9.17) is 4.74 Å². The van der Waals surface area contributed by atoms with E-state index in [1.165, 1.54) is 13.2 Å². The number of halogens is 3. The number of esters is 1. The minimum atomic E-state index is -5.14. The Balaban J connectivity index is 1.92. The van der Waals surface area contributed by atoms with Gasteiger partial charge >= 0.3 is 12.1 Å². The molecule has 7 nitrogen and oxygen atoms in total. The summed E-state index contributed by atoms with van der Waals surface area (Å²) >= 11 is 0. The number of hydrogen-bond donors (Lipinski definition) is 2. The van der Waals surface area contributed by atoms with Gasteiger partial charge in [-0.1, -0.05) is 30.3 Å². The average molecular weight is 385 g/mol. The van der Waals surface area contributed by atoms with Gasteiger partial charge in [-0.05, 0) is 5.56 Å². The Morgan fingerprint density at radius 1 is 1.26 bits per heavy atom. The predicted molar refractivity (Wildman–Crippen MR) is 87.0 cm³/mol. The van der Waals surface area contributed by atoms with Crippen LogP contribution in [0.15, 0.2) is 42.7 Å². The van der Waals surface area contributed by atoms with E-state index < -0.39 is 42.4 Å². The fraction of sp³-hybridized carbons (Fsp3) is 0.353. The summed E-state index contributed by atoms with van der Waals surface area (Å²) in [6.45, 7) is -0.657. The van der Waals surface area contributed by atoms with Crippen LogP contribution in [-0.2, 0) is 33.6 Å². The fourth-order valence-corrected chi connectivity index (χ4v) is 2.32. The van der Waals surface area contributed by atoms with Crippen LogP contribution in [0.1, 0.15) is 17.8 Å². The van der Waals surface area contributed by atoms with Crippen LogP contribution in [0.4, 0.5) is 13.2 Å². The number of ether oxygens (including phenoxy) is 1. The van der Waals surface area contributed by atoms with Crippen molar-refractivity contribution in [1.82, 2.24) is 14.9 Å². The number of imidazole rings is 1. The van der Waals surface area contributed by atoms with Gasteiger partial charge in [0.25, 0.3) is 0 Å². The lowest BCUT2D eigenvalue weighted by molar-refractivity contribution is -0.271. The molecule has 1 unspecified atom stereocenters. The smallest absolute Gasteiger partial charge is 0.425 e. The van der Waals surface area contributed by atoms with Crippen molar-refractivity contribution in [2.75, 3.05) is 6.54 Å². The minimum Gasteiger partial charge on any atom is -0.460 e. The number of rotatable bonds is 7. The fourth-order valence-electron chi connectivity index (χ4n) is 2.32. The molecule has 27 heavy (non-hydrogen) atoms. The zero-order chi connectivity index (χ0) is 20.1. The van der Waals surface area contributed by atoms with Crippen molar-refractivity contribution in [2.24, 2.45) is 7.05 Å². The van der Waals surface area contributed by atoms with E-state index in [1.54, 1.807) is 30.3 Å². The van der Waals surface area contributed by atoms with Crippen LogP contribution >= 0.6 is 0 Å². The minimum absolute atomic E-state index is 0.0324. The summed E-state index contributed by atoms with van der Waals surface area (Å²) in [5, 5.41) is 12.1. The maximum atomic E-state index is 13.3. The standard InChI is InChI=1S/C17H18F3N3O4/c1-23-8-7-21-15(23)16(26,17(18,19)20)9-13(24)22-10-14(25)27-11-12-5-3-2-4-6-12/h2-8,26H,9-11H2,1H3,(H,22,24). The SMILES string of the molecule is Cn1ccnc1C(O)(CC(=O)NCC(=O)OCc1ccccc1)C(F)(F)F. The van der Waals surface area contributed by atoms with Gasteiger partial charge in [-0.15, -0.1) is 0 Å². The number of carbonyl (C=O) groups is 2. The molecule has 0 aliphatic rings. The summed E-state index contributed by atoms with van der Waals surface area (Å²) in [6.07, 6.45) is -4.19. The third-order valence-electron chi connectivity index (χ3n) is 3.75. The van der Waals surface area contributed by atoms with Crippen molar-refractivity contribution >= 4 is 11.9 Å². The van der Waals surface area contributed by atoms with E-state index in [0.29, 0.717) is 0 Å². The lowest BCUT2D eigenvalue weighted by Crippen LogP contribution is -2.48. The van der Waals surface area contributed by atoms with Crippen molar-refractivity contribution in [3.8, 4) is 0 Å². The molecule has 0 radical (unpaired) electrons. The highest BCUT2D eigenvalue weighted by atomic mass is 19.4. The average Bonchev–Trinajstić information content (AvgIpc) is 3.04. The second-order valence-corrected chi connectivity index (χ2v) is 5.82. The van der Waals surface area contributed by atoms with Gasteiger partial charge in [-0.25, -0.2) is 4.98 Å². The van der Waals surface area contributed by atoms with Crippen molar-refractivity contribution in [3.05, 3.63) is 54.1 Å². The lowest BCUT2D eigenvalue weighted by Gasteiger charge is -2.29. The van der Waals surface area contributed by atoms with Gasteiger partial charge in [0.05, 0.1) is 6.42 Å². The highest BCUT2D eigenvalue weighted by Crippen LogP contribution is 2.40. The first-order valence-electron chi connectivity index (χ1n) is 7.86. The molecular weight excluding hydrogens is 367 g/mol. The van der Waals surface area contributed by atoms with Crippen LogP contribution in [0, 0.1) is 0 Å². The molecule has 1 aromatic heterocycles. The molecular formula is C17H18F3N3O4. The molecule has 146 valence electrons. The number of aromatic nitrogens is 2. The Kier molecular flexibility index (Phi) is 6.21. The highest BCUT2D eigenvalue weighted by molar-refractivity contribution is 5.82. The van der Waals surface area contributed by atoms with Gasteiger partial charge in [-0.3, -0.25) is 9.59 Å². The molecule has 1 aromatic carbocycles. The number of benzene rings is 1. The summed E-state index contributed by atoms with van der Waals surface area (Å²) in [7, 11) is 1.26. The molecule has 0 spiro atoms. The Morgan fingerprint density at radius 3 is 2.48 bits per heavy atom. The molecule has 1 atom stereocenters. The maximum absolute atomic E-state index is 13.3. The maximum Gasteiger partial charge on any atom is 0.425 e. The first-order chi connectivity index (χ1) is 12.6. The van der Waals surface area contributed by atoms with Crippen molar-refractivity contribution in [3.63, 3.8) is 0 Å². The molecule has 0 saturated heterocycles. The van der Waals surface area contributed by atoms with Gasteiger partial charge in [0.2, 0.25) is 11.5 Å². The number of amides is 1. The van der Waals surface area contributed by atoms with Crippen LogP contribution in [0.5, 0.6) is 0 Å². The second-order valence-electron chi connectivity index (χ2n) is 5.82. The van der Waals surface area contributed by atoms with Crippen molar-refractivity contribution < 1.29 is 32.6 Å². The Bertz CT molecular complexity index is 792. The number of aryl methyl sites for hydroxylation is 1. The van der Waals surface area contributed by atoms with E-state index in [0.717, 1.165) is 16.3 Å². The summed E-state index contributed by atoms with van der Waals surface area (Å²) in [4.78, 5) is 27.0. The van der Waals surface area contributed by atoms with Crippen molar-refractivity contribution in [2.45, 2.75) is 24.8 Å². The van der Waals surface area contributed by atoms with Crippen LogP contribution in [0.25, 0.3) is 0 Å². The number of nitrogens with one attached hydrogen (secondary N) is 1. The molecule has 0 fully saturated rings. The molecule has 1 heterocycles. The monoisotopic (exact) mass is 385 g/mol. The summed E-state index contributed by atoms with van der Waals surface area (Å²) in [5.74, 6) is -2.72. The number of nitrogens with zero attached hydrogens (tertiary/aromatic N) is 2. The zero-order valence-electron chi connectivity index (χ0n) is 14.4. The highest BCUT2D eigenvalue weighted by Gasteiger charge is 2.58. The predicted octanol–water partition coefficient (Wildman–Crippen LogP) is 1.42. The van der Waals surface area contributed by atoms with E-state index in [2.05, 4.69) is 4.98 Å². The van der Waals surface area contributed by atoms with E-state index >= 15 is 0 Å². The Labute approximate surface area is 152 Å². The van der Waals surface area contributed by atoms with Crippen LogP contribution in [0.2, 0.25) is 0 Å². The van der Waals surface area contributed by atoms with Gasteiger partial charge < -0.3 is 19.7 Å². The quantitative estimate of drug-likeness (QED) is 0.703. The lowest BCUT2D eigenvalue weighted by atomic mass is 9.97. The molecule has 0 aliphatic carbocycles. The molecule has 0 saturated carbocycles. The number of hydrogen-bond acceptors (Lipinski definition) is 5. The Hall–Kier alpha value is -2.88. The van der Waals surface area contributed by atoms with E-state index in [-0.39, 0.29) is 6.61 Å². The Morgan fingerprint density at radius 2 is 1.93 bits per heavy atom. The number of alkyl halides is 3. The number of carbonyl (C=O) groups excluding carboxylic acids is 2. The molecule has 0 aliphatic heterocycles. The zero-order valence-corrected chi connectivity index (χ0v) is 14.4. The second kappa shape index (κ2) is 8.21. The third-order valence-corrected chi connectivity index (χ3v) is 3.75. The van der Waals surface area contributed by atoms with Crippen LogP contribution in [-0.4, -0.2) is 39.3 Å². The molecule has 2 aromatic rings. The van der Waals surface area contributed by atoms with Crippen molar-refractivity contribution in [1.29, 1.82) is 0 Å². The molecule has 2 N–H and O–H groups in total. The molecule has 2 rings (SSSR count). The molecule has 0 bridgehead atoms. The summed E-state index contributed by atoms with van der Waals surface area (Å²) in [6, 6.07) is 8.74. The summed E-state index contributed by atoms with van der Waals surface area (Å²) in [5.41, 5.74) is -2.76. The number of aliphatic hydroxyl groups is 1. The van der Waals surface area contributed by atoms with Crippen LogP contribution < -0.4 is 5.32 Å².